The lowest BCUT2D eigenvalue weighted by molar-refractivity contribution is -0.136. The molecule has 178 valence electrons. The van der Waals surface area contributed by atoms with Crippen LogP contribution in [0.25, 0.3) is 0 Å². The van der Waals surface area contributed by atoms with Crippen LogP contribution in [-0.4, -0.2) is 84.4 Å². The normalized spacial score (nSPS) is 18.9. The van der Waals surface area contributed by atoms with E-state index in [1.807, 2.05) is 17.0 Å². The summed E-state index contributed by atoms with van der Waals surface area (Å²) in [6, 6.07) is 7.26. The summed E-state index contributed by atoms with van der Waals surface area (Å²) >= 11 is 5.99. The van der Waals surface area contributed by atoms with Gasteiger partial charge >= 0.3 is 0 Å². The number of piperidine rings is 1. The van der Waals surface area contributed by atoms with Crippen LogP contribution in [0.1, 0.15) is 35.6 Å². The van der Waals surface area contributed by atoms with Gasteiger partial charge in [0.15, 0.2) is 11.6 Å². The van der Waals surface area contributed by atoms with Crippen LogP contribution < -0.4 is 4.74 Å². The minimum atomic E-state index is -0.337. The lowest BCUT2D eigenvalue weighted by atomic mass is 9.75. The zero-order valence-corrected chi connectivity index (χ0v) is 20.0. The van der Waals surface area contributed by atoms with Crippen molar-refractivity contribution >= 4 is 23.4 Å². The topological polar surface area (TPSA) is 79.1 Å². The van der Waals surface area contributed by atoms with E-state index in [1.165, 1.54) is 6.26 Å². The maximum atomic E-state index is 13.2. The van der Waals surface area contributed by atoms with E-state index in [-0.39, 0.29) is 17.2 Å². The van der Waals surface area contributed by atoms with E-state index in [1.54, 1.807) is 24.0 Å². The molecule has 0 aliphatic carbocycles. The van der Waals surface area contributed by atoms with E-state index >= 15 is 0 Å². The first-order valence-electron chi connectivity index (χ1n) is 11.4. The second-order valence-corrected chi connectivity index (χ2v) is 9.58. The number of aromatic nitrogens is 1. The number of hydrogen-bond donors (Lipinski definition) is 0. The first-order chi connectivity index (χ1) is 15.8. The number of aryl methyl sites for hydroxylation is 1. The van der Waals surface area contributed by atoms with E-state index in [2.05, 4.69) is 16.9 Å². The predicted molar refractivity (Wildman–Crippen MR) is 124 cm³/mol. The molecule has 2 saturated heterocycles. The van der Waals surface area contributed by atoms with Gasteiger partial charge in [-0.2, -0.15) is 0 Å². The second kappa shape index (κ2) is 10.1. The number of carbonyl (C=O) groups is 2. The number of amides is 2. The summed E-state index contributed by atoms with van der Waals surface area (Å²) in [5.41, 5.74) is -0.0118. The van der Waals surface area contributed by atoms with Crippen LogP contribution in [0.4, 0.5) is 0 Å². The van der Waals surface area contributed by atoms with Gasteiger partial charge in [-0.25, -0.2) is 4.98 Å². The van der Waals surface area contributed by atoms with Crippen LogP contribution in [0.5, 0.6) is 5.75 Å². The van der Waals surface area contributed by atoms with Gasteiger partial charge in [-0.1, -0.05) is 11.6 Å². The standard InChI is InChI=1S/C24H31ClN4O4/c1-18-26-21(16-32-18)23(31)29-9-7-24(8-10-29,17-33-20-5-3-19(25)4-6-20)15-22(30)28-13-11-27(2)12-14-28/h3-6,16H,7-15,17H2,1-2H3. The zero-order valence-electron chi connectivity index (χ0n) is 19.3. The van der Waals surface area contributed by atoms with Gasteiger partial charge in [0.05, 0.1) is 6.61 Å². The molecule has 0 bridgehead atoms. The molecule has 2 amide bonds. The van der Waals surface area contributed by atoms with E-state index < -0.39 is 0 Å². The average Bonchev–Trinajstić information content (AvgIpc) is 3.25. The molecule has 0 radical (unpaired) electrons. The molecule has 2 aliphatic heterocycles. The molecule has 4 rings (SSSR count). The molecular weight excluding hydrogens is 444 g/mol. The largest absolute Gasteiger partial charge is 0.493 e. The van der Waals surface area contributed by atoms with Crippen LogP contribution in [0.15, 0.2) is 34.9 Å². The van der Waals surface area contributed by atoms with Gasteiger partial charge in [0.2, 0.25) is 5.91 Å². The van der Waals surface area contributed by atoms with Crippen LogP contribution in [0.3, 0.4) is 0 Å². The van der Waals surface area contributed by atoms with Gasteiger partial charge in [0.25, 0.3) is 5.91 Å². The van der Waals surface area contributed by atoms with E-state index in [0.29, 0.717) is 55.6 Å². The van der Waals surface area contributed by atoms with Crippen LogP contribution >= 0.6 is 11.6 Å². The summed E-state index contributed by atoms with van der Waals surface area (Å²) in [7, 11) is 2.08. The van der Waals surface area contributed by atoms with Gasteiger partial charge in [-0.05, 0) is 44.2 Å². The molecule has 3 heterocycles. The number of halogens is 1. The van der Waals surface area contributed by atoms with Gasteiger partial charge < -0.3 is 23.9 Å². The molecule has 0 N–H and O–H groups in total. The van der Waals surface area contributed by atoms with Crippen molar-refractivity contribution in [2.24, 2.45) is 5.41 Å². The highest BCUT2D eigenvalue weighted by molar-refractivity contribution is 6.30. The molecule has 0 saturated carbocycles. The fourth-order valence-electron chi connectivity index (χ4n) is 4.44. The van der Waals surface area contributed by atoms with Crippen molar-refractivity contribution in [1.82, 2.24) is 19.7 Å². The van der Waals surface area contributed by atoms with E-state index in [9.17, 15) is 9.59 Å². The number of nitrogens with zero attached hydrogens (tertiary/aromatic N) is 4. The maximum Gasteiger partial charge on any atom is 0.275 e. The number of oxazole rings is 1. The first kappa shape index (κ1) is 23.6. The second-order valence-electron chi connectivity index (χ2n) is 9.15. The lowest BCUT2D eigenvalue weighted by Gasteiger charge is -2.42. The van der Waals surface area contributed by atoms with Crippen molar-refractivity contribution in [1.29, 1.82) is 0 Å². The van der Waals surface area contributed by atoms with Crippen molar-refractivity contribution in [3.8, 4) is 5.75 Å². The van der Waals surface area contributed by atoms with Crippen LogP contribution in [0, 0.1) is 12.3 Å². The molecule has 0 unspecified atom stereocenters. The first-order valence-corrected chi connectivity index (χ1v) is 11.8. The number of likely N-dealkylation sites (tertiary alicyclic amines) is 1. The van der Waals surface area contributed by atoms with Crippen molar-refractivity contribution in [2.45, 2.75) is 26.2 Å². The number of hydrogen-bond acceptors (Lipinski definition) is 6. The Morgan fingerprint density at radius 2 is 1.73 bits per heavy atom. The third-order valence-electron chi connectivity index (χ3n) is 6.69. The Balaban J connectivity index is 1.43. The molecule has 8 nitrogen and oxygen atoms in total. The zero-order chi connectivity index (χ0) is 23.4. The van der Waals surface area contributed by atoms with Crippen LogP contribution in [-0.2, 0) is 4.79 Å². The number of piperazine rings is 1. The Morgan fingerprint density at radius 1 is 1.06 bits per heavy atom. The van der Waals surface area contributed by atoms with Crippen molar-refractivity contribution < 1.29 is 18.7 Å². The fourth-order valence-corrected chi connectivity index (χ4v) is 4.56. The molecule has 2 aliphatic rings. The molecule has 1 aromatic heterocycles. The highest BCUT2D eigenvalue weighted by Gasteiger charge is 2.40. The van der Waals surface area contributed by atoms with Crippen molar-refractivity contribution in [3.63, 3.8) is 0 Å². The Kier molecular flexibility index (Phi) is 7.24. The molecule has 2 aromatic rings. The number of rotatable bonds is 6. The SMILES string of the molecule is Cc1nc(C(=O)N2CCC(COc3ccc(Cl)cc3)(CC(=O)N3CCN(C)CC3)CC2)co1. The van der Waals surface area contributed by atoms with Crippen LogP contribution in [0.2, 0.25) is 5.02 Å². The van der Waals surface area contributed by atoms with Gasteiger partial charge in [0.1, 0.15) is 12.0 Å². The highest BCUT2D eigenvalue weighted by Crippen LogP contribution is 2.37. The van der Waals surface area contributed by atoms with Crippen molar-refractivity contribution in [2.75, 3.05) is 52.9 Å². The van der Waals surface area contributed by atoms with E-state index in [0.717, 1.165) is 31.9 Å². The third kappa shape index (κ3) is 5.86. The van der Waals surface area contributed by atoms with Gasteiger partial charge in [0, 0.05) is 63.1 Å². The molecule has 1 aromatic carbocycles. The summed E-state index contributed by atoms with van der Waals surface area (Å²) in [6.07, 6.45) is 3.18. The Bertz CT molecular complexity index is 961. The summed E-state index contributed by atoms with van der Waals surface area (Å²) in [5, 5.41) is 0.650. The van der Waals surface area contributed by atoms with Gasteiger partial charge in [-0.15, -0.1) is 0 Å². The molecule has 0 atom stereocenters. The minimum Gasteiger partial charge on any atom is -0.493 e. The monoisotopic (exact) mass is 474 g/mol. The van der Waals surface area contributed by atoms with Crippen molar-refractivity contribution in [3.05, 3.63) is 47.1 Å². The predicted octanol–water partition coefficient (Wildman–Crippen LogP) is 3.10. The van der Waals surface area contributed by atoms with Gasteiger partial charge in [-0.3, -0.25) is 9.59 Å². The molecule has 2 fully saturated rings. The fraction of sp³-hybridized carbons (Fsp3) is 0.542. The smallest absolute Gasteiger partial charge is 0.275 e. The number of ether oxygens (including phenoxy) is 1. The Hall–Kier alpha value is -2.58. The summed E-state index contributed by atoms with van der Waals surface area (Å²) in [6.45, 7) is 6.50. The quantitative estimate of drug-likeness (QED) is 0.640. The molecule has 0 spiro atoms. The molecular formula is C24H31ClN4O4. The molecule has 33 heavy (non-hydrogen) atoms. The summed E-state index contributed by atoms with van der Waals surface area (Å²) < 4.78 is 11.3. The number of benzene rings is 1. The minimum absolute atomic E-state index is 0.135. The summed E-state index contributed by atoms with van der Waals surface area (Å²) in [5.74, 6) is 1.22. The third-order valence-corrected chi connectivity index (χ3v) is 6.94. The average molecular weight is 475 g/mol. The Labute approximate surface area is 199 Å². The lowest BCUT2D eigenvalue weighted by Crippen LogP contribution is -2.51. The number of carbonyl (C=O) groups excluding carboxylic acids is 2. The summed E-state index contributed by atoms with van der Waals surface area (Å²) in [4.78, 5) is 36.2. The number of likely N-dealkylation sites (N-methyl/N-ethyl adjacent to an activating group) is 1. The van der Waals surface area contributed by atoms with E-state index in [4.69, 9.17) is 20.8 Å². The highest BCUT2D eigenvalue weighted by atomic mass is 35.5. The maximum absolute atomic E-state index is 13.2. The molecule has 9 heteroatoms. The Morgan fingerprint density at radius 3 is 2.33 bits per heavy atom.